The SMILES string of the molecule is CC(=O)Nc1ccc(Cl)c(F)c1C(=O)O. The molecule has 0 atom stereocenters. The number of hydrogen-bond donors (Lipinski definition) is 2. The second-order valence-electron chi connectivity index (χ2n) is 2.77. The van der Waals surface area contributed by atoms with Crippen molar-refractivity contribution in [3.63, 3.8) is 0 Å². The molecule has 0 spiro atoms. The van der Waals surface area contributed by atoms with Crippen molar-refractivity contribution in [1.82, 2.24) is 0 Å². The normalized spacial score (nSPS) is 9.80. The van der Waals surface area contributed by atoms with Crippen LogP contribution in [0.2, 0.25) is 5.02 Å². The smallest absolute Gasteiger partial charge is 0.340 e. The maximum Gasteiger partial charge on any atom is 0.340 e. The minimum Gasteiger partial charge on any atom is -0.478 e. The first-order valence-electron chi connectivity index (χ1n) is 3.92. The number of carbonyl (C=O) groups excluding carboxylic acids is 1. The van der Waals surface area contributed by atoms with E-state index in [0.717, 1.165) is 0 Å². The maximum absolute atomic E-state index is 13.3. The van der Waals surface area contributed by atoms with Gasteiger partial charge in [0.25, 0.3) is 0 Å². The predicted octanol–water partition coefficient (Wildman–Crippen LogP) is 2.14. The van der Waals surface area contributed by atoms with Crippen molar-refractivity contribution in [1.29, 1.82) is 0 Å². The molecule has 0 fully saturated rings. The number of carboxylic acids is 1. The van der Waals surface area contributed by atoms with Crippen molar-refractivity contribution in [3.8, 4) is 0 Å². The zero-order chi connectivity index (χ0) is 11.6. The molecular weight excluding hydrogens is 225 g/mol. The molecule has 1 amide bonds. The van der Waals surface area contributed by atoms with Gasteiger partial charge in [-0.25, -0.2) is 9.18 Å². The quantitative estimate of drug-likeness (QED) is 0.820. The summed E-state index contributed by atoms with van der Waals surface area (Å²) >= 11 is 5.42. The van der Waals surface area contributed by atoms with Crippen LogP contribution in [-0.2, 0) is 4.79 Å². The lowest BCUT2D eigenvalue weighted by atomic mass is 10.1. The standard InChI is InChI=1S/C9H7ClFNO3/c1-4(13)12-6-3-2-5(10)8(11)7(6)9(14)15/h2-3H,1H3,(H,12,13)(H,14,15). The van der Waals surface area contributed by atoms with E-state index in [4.69, 9.17) is 16.7 Å². The van der Waals surface area contributed by atoms with Crippen molar-refractivity contribution < 1.29 is 19.1 Å². The van der Waals surface area contributed by atoms with Gasteiger partial charge in [0.2, 0.25) is 5.91 Å². The molecule has 0 saturated carbocycles. The summed E-state index contributed by atoms with van der Waals surface area (Å²) in [5, 5.41) is 10.6. The van der Waals surface area contributed by atoms with E-state index in [0.29, 0.717) is 0 Å². The molecule has 0 aliphatic carbocycles. The van der Waals surface area contributed by atoms with E-state index < -0.39 is 23.3 Å². The van der Waals surface area contributed by atoms with Gasteiger partial charge in [-0.05, 0) is 12.1 Å². The fourth-order valence-corrected chi connectivity index (χ4v) is 1.21. The Labute approximate surface area is 89.7 Å². The second kappa shape index (κ2) is 4.27. The summed E-state index contributed by atoms with van der Waals surface area (Å²) in [6.45, 7) is 1.19. The van der Waals surface area contributed by atoms with Gasteiger partial charge in [0, 0.05) is 6.92 Å². The molecule has 0 aromatic heterocycles. The first-order chi connectivity index (χ1) is 6.93. The molecule has 2 N–H and O–H groups in total. The van der Waals surface area contributed by atoms with Crippen LogP contribution in [0, 0.1) is 5.82 Å². The van der Waals surface area contributed by atoms with Gasteiger partial charge in [0.05, 0.1) is 10.7 Å². The molecule has 4 nitrogen and oxygen atoms in total. The number of anilines is 1. The van der Waals surface area contributed by atoms with Crippen LogP contribution < -0.4 is 5.32 Å². The fourth-order valence-electron chi connectivity index (χ4n) is 1.05. The average molecular weight is 232 g/mol. The van der Waals surface area contributed by atoms with Gasteiger partial charge in [0.1, 0.15) is 5.56 Å². The van der Waals surface area contributed by atoms with Crippen LogP contribution in [0.15, 0.2) is 12.1 Å². The third-order valence-electron chi connectivity index (χ3n) is 1.62. The Morgan fingerprint density at radius 1 is 1.47 bits per heavy atom. The summed E-state index contributed by atoms with van der Waals surface area (Å²) in [6.07, 6.45) is 0. The molecule has 0 bridgehead atoms. The highest BCUT2D eigenvalue weighted by molar-refractivity contribution is 6.31. The first-order valence-corrected chi connectivity index (χ1v) is 4.30. The van der Waals surface area contributed by atoms with Crippen LogP contribution in [0.1, 0.15) is 17.3 Å². The zero-order valence-electron chi connectivity index (χ0n) is 7.67. The maximum atomic E-state index is 13.3. The van der Waals surface area contributed by atoms with Gasteiger partial charge in [-0.2, -0.15) is 0 Å². The summed E-state index contributed by atoms with van der Waals surface area (Å²) in [6, 6.07) is 2.41. The molecule has 1 aromatic carbocycles. The Kier molecular flexibility index (Phi) is 3.26. The molecule has 80 valence electrons. The summed E-state index contributed by atoms with van der Waals surface area (Å²) < 4.78 is 13.3. The van der Waals surface area contributed by atoms with E-state index in [2.05, 4.69) is 5.32 Å². The predicted molar refractivity (Wildman–Crippen MR) is 52.7 cm³/mol. The van der Waals surface area contributed by atoms with Gasteiger partial charge < -0.3 is 10.4 Å². The topological polar surface area (TPSA) is 66.4 Å². The molecule has 0 aliphatic heterocycles. The number of nitrogens with one attached hydrogen (secondary N) is 1. The lowest BCUT2D eigenvalue weighted by Crippen LogP contribution is -2.12. The van der Waals surface area contributed by atoms with Crippen molar-refractivity contribution in [2.75, 3.05) is 5.32 Å². The van der Waals surface area contributed by atoms with Crippen LogP contribution in [0.5, 0.6) is 0 Å². The van der Waals surface area contributed by atoms with Crippen LogP contribution in [0.3, 0.4) is 0 Å². The van der Waals surface area contributed by atoms with E-state index in [1.807, 2.05) is 0 Å². The number of carbonyl (C=O) groups is 2. The molecule has 6 heteroatoms. The van der Waals surface area contributed by atoms with Crippen LogP contribution in [0.25, 0.3) is 0 Å². The lowest BCUT2D eigenvalue weighted by Gasteiger charge is -2.08. The Morgan fingerprint density at radius 2 is 2.07 bits per heavy atom. The number of carboxylic acid groups (broad SMARTS) is 1. The monoisotopic (exact) mass is 231 g/mol. The Hall–Kier alpha value is -1.62. The highest BCUT2D eigenvalue weighted by atomic mass is 35.5. The van der Waals surface area contributed by atoms with Crippen molar-refractivity contribution >= 4 is 29.2 Å². The van der Waals surface area contributed by atoms with Crippen LogP contribution in [0.4, 0.5) is 10.1 Å². The van der Waals surface area contributed by atoms with Gasteiger partial charge in [0.15, 0.2) is 5.82 Å². The molecule has 15 heavy (non-hydrogen) atoms. The number of halogens is 2. The third kappa shape index (κ3) is 2.44. The summed E-state index contributed by atoms with van der Waals surface area (Å²) in [7, 11) is 0. The summed E-state index contributed by atoms with van der Waals surface area (Å²) in [5.41, 5.74) is -0.755. The van der Waals surface area contributed by atoms with E-state index >= 15 is 0 Å². The van der Waals surface area contributed by atoms with E-state index in [9.17, 15) is 14.0 Å². The van der Waals surface area contributed by atoms with Gasteiger partial charge in [-0.1, -0.05) is 11.6 Å². The number of aromatic carboxylic acids is 1. The molecule has 0 radical (unpaired) electrons. The average Bonchev–Trinajstić information content (AvgIpc) is 2.10. The summed E-state index contributed by atoms with van der Waals surface area (Å²) in [4.78, 5) is 21.5. The Balaban J connectivity index is 3.33. The second-order valence-corrected chi connectivity index (χ2v) is 3.18. The molecule has 1 aromatic rings. The summed E-state index contributed by atoms with van der Waals surface area (Å²) in [5.74, 6) is -3.03. The van der Waals surface area contributed by atoms with E-state index in [-0.39, 0.29) is 10.7 Å². The first kappa shape index (κ1) is 11.5. The molecular formula is C9H7ClFNO3. The van der Waals surface area contributed by atoms with Gasteiger partial charge >= 0.3 is 5.97 Å². The number of hydrogen-bond acceptors (Lipinski definition) is 2. The minimum absolute atomic E-state index is 0.114. The highest BCUT2D eigenvalue weighted by Gasteiger charge is 2.19. The van der Waals surface area contributed by atoms with E-state index in [1.54, 1.807) is 0 Å². The van der Waals surface area contributed by atoms with Gasteiger partial charge in [-0.15, -0.1) is 0 Å². The molecule has 0 heterocycles. The van der Waals surface area contributed by atoms with Crippen LogP contribution >= 0.6 is 11.6 Å². The van der Waals surface area contributed by atoms with Crippen molar-refractivity contribution in [2.45, 2.75) is 6.92 Å². The number of amides is 1. The number of rotatable bonds is 2. The van der Waals surface area contributed by atoms with Crippen molar-refractivity contribution in [3.05, 3.63) is 28.5 Å². The highest BCUT2D eigenvalue weighted by Crippen LogP contribution is 2.25. The zero-order valence-corrected chi connectivity index (χ0v) is 8.43. The Bertz CT molecular complexity index is 434. The lowest BCUT2D eigenvalue weighted by molar-refractivity contribution is -0.114. The molecule has 0 saturated heterocycles. The molecule has 0 unspecified atom stereocenters. The number of benzene rings is 1. The Morgan fingerprint density at radius 3 is 2.53 bits per heavy atom. The largest absolute Gasteiger partial charge is 0.478 e. The van der Waals surface area contributed by atoms with Crippen LogP contribution in [-0.4, -0.2) is 17.0 Å². The fraction of sp³-hybridized carbons (Fsp3) is 0.111. The minimum atomic E-state index is -1.49. The third-order valence-corrected chi connectivity index (χ3v) is 1.91. The van der Waals surface area contributed by atoms with Gasteiger partial charge in [-0.3, -0.25) is 4.79 Å². The van der Waals surface area contributed by atoms with Crippen molar-refractivity contribution in [2.24, 2.45) is 0 Å². The van der Waals surface area contributed by atoms with E-state index in [1.165, 1.54) is 19.1 Å². The molecule has 1 rings (SSSR count). The molecule has 0 aliphatic rings.